The lowest BCUT2D eigenvalue weighted by atomic mass is 10.1. The Bertz CT molecular complexity index is 592. The van der Waals surface area contributed by atoms with Gasteiger partial charge < -0.3 is 9.47 Å². The molecule has 1 aromatic rings. The monoisotopic (exact) mass is 390 g/mol. The van der Waals surface area contributed by atoms with E-state index in [0.717, 1.165) is 57.8 Å². The molecule has 5 heteroatoms. The Kier molecular flexibility index (Phi) is 12.6. The van der Waals surface area contributed by atoms with E-state index in [9.17, 15) is 14.4 Å². The van der Waals surface area contributed by atoms with Gasteiger partial charge >= 0.3 is 11.9 Å². The van der Waals surface area contributed by atoms with Crippen molar-refractivity contribution in [1.82, 2.24) is 0 Å². The predicted octanol–water partition coefficient (Wildman–Crippen LogP) is 5.65. The molecule has 0 aliphatic rings. The third kappa shape index (κ3) is 11.5. The highest BCUT2D eigenvalue weighted by Crippen LogP contribution is 2.15. The second-order valence-corrected chi connectivity index (χ2v) is 7.10. The van der Waals surface area contributed by atoms with Crippen molar-refractivity contribution in [3.8, 4) is 5.75 Å². The van der Waals surface area contributed by atoms with Crippen molar-refractivity contribution < 1.29 is 23.9 Å². The van der Waals surface area contributed by atoms with E-state index < -0.39 is 0 Å². The zero-order valence-corrected chi connectivity index (χ0v) is 17.3. The molecule has 1 rings (SSSR count). The summed E-state index contributed by atoms with van der Waals surface area (Å²) in [6.45, 7) is 4.17. The summed E-state index contributed by atoms with van der Waals surface area (Å²) in [5.41, 5.74) is 0.601. The largest absolute Gasteiger partial charge is 0.466 e. The average Bonchev–Trinajstić information content (AvgIpc) is 2.67. The molecule has 0 spiro atoms. The van der Waals surface area contributed by atoms with Gasteiger partial charge in [-0.25, -0.2) is 0 Å². The summed E-state index contributed by atoms with van der Waals surface area (Å²) >= 11 is 0. The second kappa shape index (κ2) is 14.8. The summed E-state index contributed by atoms with van der Waals surface area (Å²) in [5, 5.41) is 0. The number of rotatable bonds is 15. The van der Waals surface area contributed by atoms with E-state index >= 15 is 0 Å². The SMILES string of the molecule is CCCCCOC(=O)CCCCCCCCC(=O)Oc1ccc(C(C)=O)cc1. The van der Waals surface area contributed by atoms with E-state index in [2.05, 4.69) is 6.92 Å². The molecular formula is C23H34O5. The Morgan fingerprint density at radius 2 is 1.32 bits per heavy atom. The van der Waals surface area contributed by atoms with Crippen LogP contribution in [0.15, 0.2) is 24.3 Å². The normalized spacial score (nSPS) is 10.5. The van der Waals surface area contributed by atoms with Crippen molar-refractivity contribution in [2.45, 2.75) is 84.5 Å². The summed E-state index contributed by atoms with van der Waals surface area (Å²) in [6, 6.07) is 6.60. The topological polar surface area (TPSA) is 69.7 Å². The molecule has 0 saturated carbocycles. The molecule has 5 nitrogen and oxygen atoms in total. The first-order chi connectivity index (χ1) is 13.5. The van der Waals surface area contributed by atoms with Crippen molar-refractivity contribution in [2.75, 3.05) is 6.61 Å². The molecule has 0 saturated heterocycles. The first kappa shape index (κ1) is 23.9. The molecule has 1 aromatic carbocycles. The van der Waals surface area contributed by atoms with Crippen LogP contribution >= 0.6 is 0 Å². The Balaban J connectivity index is 1.98. The van der Waals surface area contributed by atoms with Crippen LogP contribution in [-0.4, -0.2) is 24.3 Å². The average molecular weight is 391 g/mol. The highest BCUT2D eigenvalue weighted by molar-refractivity contribution is 5.94. The number of hydrogen-bond acceptors (Lipinski definition) is 5. The molecule has 0 radical (unpaired) electrons. The van der Waals surface area contributed by atoms with Gasteiger partial charge in [0.05, 0.1) is 6.61 Å². The molecular weight excluding hydrogens is 356 g/mol. The van der Waals surface area contributed by atoms with Crippen molar-refractivity contribution in [1.29, 1.82) is 0 Å². The van der Waals surface area contributed by atoms with E-state index in [1.807, 2.05) is 0 Å². The minimum atomic E-state index is -0.249. The van der Waals surface area contributed by atoms with Crippen LogP contribution in [0.3, 0.4) is 0 Å². The lowest BCUT2D eigenvalue weighted by molar-refractivity contribution is -0.144. The van der Waals surface area contributed by atoms with Gasteiger partial charge in [0.15, 0.2) is 5.78 Å². The number of Topliss-reactive ketones (excluding diaryl/α,β-unsaturated/α-hetero) is 1. The van der Waals surface area contributed by atoms with E-state index in [1.165, 1.54) is 6.92 Å². The smallest absolute Gasteiger partial charge is 0.311 e. The molecule has 0 bridgehead atoms. The minimum absolute atomic E-state index is 0.0123. The molecule has 0 unspecified atom stereocenters. The molecule has 28 heavy (non-hydrogen) atoms. The van der Waals surface area contributed by atoms with Gasteiger partial charge in [-0.2, -0.15) is 0 Å². The number of ether oxygens (including phenoxy) is 2. The van der Waals surface area contributed by atoms with Crippen molar-refractivity contribution in [2.24, 2.45) is 0 Å². The number of carbonyl (C=O) groups excluding carboxylic acids is 3. The standard InChI is InChI=1S/C23H34O5/c1-3-4-11-18-27-22(25)12-9-7-5-6-8-10-13-23(26)28-21-16-14-20(15-17-21)19(2)24/h14-17H,3-13,18H2,1-2H3. The zero-order valence-electron chi connectivity index (χ0n) is 17.3. The summed E-state index contributed by atoms with van der Waals surface area (Å²) in [5.74, 6) is 0.120. The van der Waals surface area contributed by atoms with Gasteiger partial charge in [0.1, 0.15) is 5.75 Å². The highest BCUT2D eigenvalue weighted by atomic mass is 16.5. The Morgan fingerprint density at radius 1 is 0.750 bits per heavy atom. The van der Waals surface area contributed by atoms with Crippen LogP contribution in [0.2, 0.25) is 0 Å². The molecule has 0 atom stereocenters. The van der Waals surface area contributed by atoms with Gasteiger partial charge in [0, 0.05) is 18.4 Å². The molecule has 0 aliphatic heterocycles. The van der Waals surface area contributed by atoms with Gasteiger partial charge in [-0.1, -0.05) is 45.4 Å². The zero-order chi connectivity index (χ0) is 20.6. The second-order valence-electron chi connectivity index (χ2n) is 7.10. The van der Waals surface area contributed by atoms with Gasteiger partial charge in [0.2, 0.25) is 0 Å². The summed E-state index contributed by atoms with van der Waals surface area (Å²) in [7, 11) is 0. The maximum absolute atomic E-state index is 11.8. The maximum Gasteiger partial charge on any atom is 0.311 e. The van der Waals surface area contributed by atoms with Gasteiger partial charge in [0.25, 0.3) is 0 Å². The van der Waals surface area contributed by atoms with E-state index in [1.54, 1.807) is 24.3 Å². The number of carbonyl (C=O) groups is 3. The van der Waals surface area contributed by atoms with Crippen molar-refractivity contribution in [3.05, 3.63) is 29.8 Å². The Hall–Kier alpha value is -2.17. The summed E-state index contributed by atoms with van der Waals surface area (Å²) < 4.78 is 10.4. The van der Waals surface area contributed by atoms with E-state index in [4.69, 9.17) is 9.47 Å². The quantitative estimate of drug-likeness (QED) is 0.167. The lowest BCUT2D eigenvalue weighted by Gasteiger charge is -2.06. The van der Waals surface area contributed by atoms with Gasteiger partial charge in [-0.3, -0.25) is 14.4 Å². The van der Waals surface area contributed by atoms with Crippen LogP contribution in [0.25, 0.3) is 0 Å². The van der Waals surface area contributed by atoms with Crippen molar-refractivity contribution in [3.63, 3.8) is 0 Å². The Labute approximate surface area is 168 Å². The highest BCUT2D eigenvalue weighted by Gasteiger charge is 2.06. The molecule has 0 aromatic heterocycles. The fraction of sp³-hybridized carbons (Fsp3) is 0.609. The first-order valence-electron chi connectivity index (χ1n) is 10.5. The molecule has 156 valence electrons. The first-order valence-corrected chi connectivity index (χ1v) is 10.5. The third-order valence-corrected chi connectivity index (χ3v) is 4.52. The fourth-order valence-electron chi connectivity index (χ4n) is 2.80. The van der Waals surface area contributed by atoms with Crippen LogP contribution in [-0.2, 0) is 14.3 Å². The maximum atomic E-state index is 11.8. The number of unbranched alkanes of at least 4 members (excludes halogenated alkanes) is 7. The van der Waals surface area contributed by atoms with Crippen molar-refractivity contribution >= 4 is 17.7 Å². The van der Waals surface area contributed by atoms with Gasteiger partial charge in [-0.15, -0.1) is 0 Å². The third-order valence-electron chi connectivity index (χ3n) is 4.52. The molecule has 0 N–H and O–H groups in total. The van der Waals surface area contributed by atoms with E-state index in [0.29, 0.717) is 30.8 Å². The molecule has 0 aliphatic carbocycles. The van der Waals surface area contributed by atoms with Crippen LogP contribution in [0.5, 0.6) is 5.75 Å². The van der Waals surface area contributed by atoms with Crippen LogP contribution in [0.4, 0.5) is 0 Å². The fourth-order valence-corrected chi connectivity index (χ4v) is 2.80. The van der Waals surface area contributed by atoms with Crippen LogP contribution in [0.1, 0.15) is 94.8 Å². The summed E-state index contributed by atoms with van der Waals surface area (Å²) in [6.07, 6.45) is 9.83. The van der Waals surface area contributed by atoms with Crippen LogP contribution in [0, 0.1) is 0 Å². The number of ketones is 1. The predicted molar refractivity (Wildman–Crippen MR) is 110 cm³/mol. The number of hydrogen-bond donors (Lipinski definition) is 0. The number of benzene rings is 1. The minimum Gasteiger partial charge on any atom is -0.466 e. The lowest BCUT2D eigenvalue weighted by Crippen LogP contribution is -2.07. The molecule has 0 heterocycles. The van der Waals surface area contributed by atoms with Crippen LogP contribution < -0.4 is 4.74 Å². The molecule has 0 fully saturated rings. The van der Waals surface area contributed by atoms with E-state index in [-0.39, 0.29) is 17.7 Å². The molecule has 0 amide bonds. The number of esters is 2. The Morgan fingerprint density at radius 3 is 1.89 bits per heavy atom. The summed E-state index contributed by atoms with van der Waals surface area (Å²) in [4.78, 5) is 34.6. The van der Waals surface area contributed by atoms with Gasteiger partial charge in [-0.05, 0) is 50.5 Å².